The van der Waals surface area contributed by atoms with Crippen molar-refractivity contribution in [3.05, 3.63) is 42.0 Å². The number of rotatable bonds is 17. The second kappa shape index (κ2) is 15.3. The number of hydrogen-bond donors (Lipinski definition) is 4. The maximum absolute atomic E-state index is 13.5. The fourth-order valence-electron chi connectivity index (χ4n) is 4.94. The van der Waals surface area contributed by atoms with Crippen LogP contribution in [0.4, 0.5) is 10.5 Å². The Balaban J connectivity index is 1.52. The van der Waals surface area contributed by atoms with Crippen molar-refractivity contribution in [3.8, 4) is 0 Å². The van der Waals surface area contributed by atoms with Gasteiger partial charge in [-0.1, -0.05) is 18.6 Å². The third kappa shape index (κ3) is 9.41. The highest BCUT2D eigenvalue weighted by atomic mass is 35.5. The topological polar surface area (TPSA) is 168 Å². The highest BCUT2D eigenvalue weighted by Gasteiger charge is 2.45. The van der Waals surface area contributed by atoms with Crippen LogP contribution >= 0.6 is 11.6 Å². The number of anilines is 1. The van der Waals surface area contributed by atoms with E-state index in [4.69, 9.17) is 17.3 Å². The molecule has 41 heavy (non-hydrogen) atoms. The van der Waals surface area contributed by atoms with Gasteiger partial charge >= 0.3 is 6.03 Å². The summed E-state index contributed by atoms with van der Waals surface area (Å²) in [6.45, 7) is 0.584. The number of imide groups is 1. The summed E-state index contributed by atoms with van der Waals surface area (Å²) in [5.74, 6) is -1.69. The monoisotopic (exact) mass is 587 g/mol. The van der Waals surface area contributed by atoms with Crippen LogP contribution in [-0.4, -0.2) is 59.0 Å². The Kier molecular flexibility index (Phi) is 11.9. The fourth-order valence-corrected chi connectivity index (χ4v) is 5.12. The predicted molar refractivity (Wildman–Crippen MR) is 154 cm³/mol. The van der Waals surface area contributed by atoms with Crippen molar-refractivity contribution in [1.82, 2.24) is 15.5 Å². The number of urea groups is 1. The number of ketones is 1. The molecular weight excluding hydrogens is 550 g/mol. The van der Waals surface area contributed by atoms with Gasteiger partial charge in [0, 0.05) is 55.6 Å². The first kappa shape index (κ1) is 31.8. The van der Waals surface area contributed by atoms with Crippen molar-refractivity contribution < 1.29 is 28.8 Å². The highest BCUT2D eigenvalue weighted by molar-refractivity contribution is 6.17. The number of Topliss-reactive ketones (excluding diaryl/α,β-unsaturated/α-hetero) is 1. The number of primary amides is 1. The molecule has 0 bridgehead atoms. The molecule has 0 aromatic heterocycles. The molecular formula is C29H38ClN5O6. The molecule has 1 aliphatic heterocycles. The van der Waals surface area contributed by atoms with Gasteiger partial charge in [-0.25, -0.2) is 4.79 Å². The van der Waals surface area contributed by atoms with E-state index in [1.54, 1.807) is 24.3 Å². The molecule has 0 radical (unpaired) electrons. The average Bonchev–Trinajstić information content (AvgIpc) is 3.24. The van der Waals surface area contributed by atoms with Crippen LogP contribution in [0.5, 0.6) is 0 Å². The minimum Gasteiger partial charge on any atom is -0.352 e. The average molecular weight is 588 g/mol. The Morgan fingerprint density at radius 3 is 2.24 bits per heavy atom. The molecule has 222 valence electrons. The van der Waals surface area contributed by atoms with Gasteiger partial charge in [0.1, 0.15) is 0 Å². The number of carbonyl (C=O) groups excluding carboxylic acids is 6. The standard InChI is InChI=1S/C29H38ClN5O6/c30-19-20-8-10-22(11-9-20)33-27(40)21(6-4-16-32-28(31)41)18-23(36)29(14-5-15-29)34-24(37)7-2-1-3-17-35-25(38)12-13-26(35)39/h8-13,21H,1-7,14-19H2,(H,33,40)(H,34,37)(H3,31,32,41)/t21-/m1/s1. The summed E-state index contributed by atoms with van der Waals surface area (Å²) in [6, 6.07) is 6.44. The molecule has 0 saturated heterocycles. The Hall–Kier alpha value is -3.73. The Labute approximate surface area is 244 Å². The molecule has 0 unspecified atom stereocenters. The summed E-state index contributed by atoms with van der Waals surface area (Å²) in [6.07, 6.45) is 7.08. The van der Waals surface area contributed by atoms with Gasteiger partial charge in [-0.05, 0) is 62.6 Å². The third-order valence-corrected chi connectivity index (χ3v) is 7.82. The second-order valence-electron chi connectivity index (χ2n) is 10.5. The molecule has 12 heteroatoms. The molecule has 1 fully saturated rings. The molecule has 1 saturated carbocycles. The molecule has 1 atom stereocenters. The summed E-state index contributed by atoms with van der Waals surface area (Å²) >= 11 is 5.84. The van der Waals surface area contributed by atoms with Crippen LogP contribution in [0.3, 0.4) is 0 Å². The van der Waals surface area contributed by atoms with E-state index < -0.39 is 17.5 Å². The number of halogens is 1. The van der Waals surface area contributed by atoms with Crippen molar-refractivity contribution >= 4 is 52.7 Å². The van der Waals surface area contributed by atoms with E-state index in [1.807, 2.05) is 0 Å². The Morgan fingerprint density at radius 1 is 0.976 bits per heavy atom. The molecule has 1 aromatic carbocycles. The number of hydrogen-bond acceptors (Lipinski definition) is 6. The van der Waals surface area contributed by atoms with Crippen LogP contribution in [0, 0.1) is 5.92 Å². The number of amides is 6. The first-order valence-electron chi connectivity index (χ1n) is 14.0. The van der Waals surface area contributed by atoms with Crippen molar-refractivity contribution in [1.29, 1.82) is 0 Å². The second-order valence-corrected chi connectivity index (χ2v) is 10.8. The van der Waals surface area contributed by atoms with Gasteiger partial charge in [-0.2, -0.15) is 0 Å². The van der Waals surface area contributed by atoms with Crippen molar-refractivity contribution in [2.24, 2.45) is 11.7 Å². The minimum absolute atomic E-state index is 0.0472. The zero-order valence-corrected chi connectivity index (χ0v) is 23.8. The SMILES string of the molecule is NC(=O)NCCC[C@H](CC(=O)C1(NC(=O)CCCCCN2C(=O)C=CC2=O)CCC1)C(=O)Nc1ccc(CCl)cc1. The molecule has 3 rings (SSSR count). The van der Waals surface area contributed by atoms with Gasteiger partial charge in [0.05, 0.1) is 5.54 Å². The van der Waals surface area contributed by atoms with Crippen molar-refractivity contribution in [2.75, 3.05) is 18.4 Å². The highest BCUT2D eigenvalue weighted by Crippen LogP contribution is 2.35. The lowest BCUT2D eigenvalue weighted by molar-refractivity contribution is -0.137. The van der Waals surface area contributed by atoms with E-state index in [-0.39, 0.29) is 48.8 Å². The van der Waals surface area contributed by atoms with Crippen LogP contribution < -0.4 is 21.7 Å². The molecule has 1 heterocycles. The van der Waals surface area contributed by atoms with Crippen molar-refractivity contribution in [2.45, 2.75) is 75.6 Å². The number of benzene rings is 1. The summed E-state index contributed by atoms with van der Waals surface area (Å²) < 4.78 is 0. The van der Waals surface area contributed by atoms with Crippen LogP contribution in [0.2, 0.25) is 0 Å². The molecule has 1 aliphatic carbocycles. The smallest absolute Gasteiger partial charge is 0.312 e. The number of nitrogens with two attached hydrogens (primary N) is 1. The summed E-state index contributed by atoms with van der Waals surface area (Å²) in [4.78, 5) is 74.8. The van der Waals surface area contributed by atoms with Gasteiger partial charge in [0.15, 0.2) is 5.78 Å². The van der Waals surface area contributed by atoms with Crippen LogP contribution in [-0.2, 0) is 29.9 Å². The van der Waals surface area contributed by atoms with E-state index in [2.05, 4.69) is 16.0 Å². The quantitative estimate of drug-likeness (QED) is 0.124. The van der Waals surface area contributed by atoms with Gasteiger partial charge in [0.2, 0.25) is 11.8 Å². The molecule has 5 N–H and O–H groups in total. The molecule has 1 aromatic rings. The number of carbonyl (C=O) groups is 6. The third-order valence-electron chi connectivity index (χ3n) is 7.51. The largest absolute Gasteiger partial charge is 0.352 e. The van der Waals surface area contributed by atoms with Gasteiger partial charge in [-0.3, -0.25) is 28.9 Å². The maximum Gasteiger partial charge on any atom is 0.312 e. The molecule has 0 spiro atoms. The summed E-state index contributed by atoms with van der Waals surface area (Å²) in [5.41, 5.74) is 5.64. The molecule has 2 aliphatic rings. The number of alkyl halides is 1. The Morgan fingerprint density at radius 2 is 1.66 bits per heavy atom. The summed E-state index contributed by atoms with van der Waals surface area (Å²) in [5, 5.41) is 8.29. The van der Waals surface area contributed by atoms with Crippen LogP contribution in [0.15, 0.2) is 36.4 Å². The lowest BCUT2D eigenvalue weighted by Gasteiger charge is -2.41. The van der Waals surface area contributed by atoms with E-state index in [0.29, 0.717) is 63.1 Å². The summed E-state index contributed by atoms with van der Waals surface area (Å²) in [7, 11) is 0. The number of nitrogens with zero attached hydrogens (tertiary/aromatic N) is 1. The van der Waals surface area contributed by atoms with Crippen LogP contribution in [0.1, 0.15) is 69.8 Å². The normalized spacial score (nSPS) is 16.2. The lowest BCUT2D eigenvalue weighted by Crippen LogP contribution is -2.59. The maximum atomic E-state index is 13.5. The van der Waals surface area contributed by atoms with Gasteiger partial charge < -0.3 is 21.7 Å². The van der Waals surface area contributed by atoms with Gasteiger partial charge in [-0.15, -0.1) is 11.6 Å². The van der Waals surface area contributed by atoms with Gasteiger partial charge in [0.25, 0.3) is 11.8 Å². The fraction of sp³-hybridized carbons (Fsp3) is 0.517. The van der Waals surface area contributed by atoms with Crippen LogP contribution in [0.25, 0.3) is 0 Å². The lowest BCUT2D eigenvalue weighted by atomic mass is 9.71. The zero-order chi connectivity index (χ0) is 29.8. The first-order valence-corrected chi connectivity index (χ1v) is 14.5. The van der Waals surface area contributed by atoms with Crippen molar-refractivity contribution in [3.63, 3.8) is 0 Å². The minimum atomic E-state index is -0.983. The predicted octanol–water partition coefficient (Wildman–Crippen LogP) is 2.91. The Bertz CT molecular complexity index is 1150. The van der Waals surface area contributed by atoms with E-state index in [1.165, 1.54) is 17.1 Å². The number of unbranched alkanes of at least 4 members (excludes halogenated alkanes) is 2. The first-order chi connectivity index (χ1) is 19.6. The van der Waals surface area contributed by atoms with E-state index in [0.717, 1.165) is 12.0 Å². The zero-order valence-electron chi connectivity index (χ0n) is 23.1. The molecule has 6 amide bonds. The van der Waals surface area contributed by atoms with E-state index >= 15 is 0 Å². The molecule has 11 nitrogen and oxygen atoms in total. The van der Waals surface area contributed by atoms with E-state index in [9.17, 15) is 28.8 Å². The number of nitrogens with one attached hydrogen (secondary N) is 3.